The number of hydrogen-bond donors (Lipinski definition) is 2. The van der Waals surface area contributed by atoms with Gasteiger partial charge in [0.2, 0.25) is 11.8 Å². The zero-order chi connectivity index (χ0) is 32.6. The van der Waals surface area contributed by atoms with Gasteiger partial charge in [-0.05, 0) is 84.7 Å². The molecule has 1 aromatic heterocycles. The number of carbonyl (C=O) groups excluding carboxylic acids is 3. The number of nitrogens with one attached hydrogen (secondary N) is 2. The van der Waals surface area contributed by atoms with Crippen LogP contribution in [0.4, 0.5) is 11.4 Å². The van der Waals surface area contributed by atoms with E-state index >= 15 is 0 Å². The molecule has 0 radical (unpaired) electrons. The molecule has 4 unspecified atom stereocenters. The van der Waals surface area contributed by atoms with Crippen molar-refractivity contribution in [1.29, 1.82) is 0 Å². The molecular formula is C35H30ClN3O6S2. The number of benzene rings is 3. The van der Waals surface area contributed by atoms with Crippen molar-refractivity contribution < 1.29 is 23.9 Å². The average molecular weight is 688 g/mol. The van der Waals surface area contributed by atoms with E-state index in [-0.39, 0.29) is 64.0 Å². The second kappa shape index (κ2) is 11.6. The number of hydrogen-bond acceptors (Lipinski definition) is 8. The van der Waals surface area contributed by atoms with Crippen LogP contribution < -0.4 is 24.6 Å². The summed E-state index contributed by atoms with van der Waals surface area (Å²) < 4.78 is 11.6. The highest BCUT2D eigenvalue weighted by molar-refractivity contribution is 8.00. The first-order valence-electron chi connectivity index (χ1n) is 15.4. The Hall–Kier alpha value is -4.06. The number of amides is 3. The SMILES string of the molecule is COc1cc([C@H]2c3sc(=O)[nH]c3SC3C2[C@H]2C[C@@H]3C3C(=O)N(c4ccc(Cl)cc4)C(=O)C32)ccc1OCC(=O)Nc1ccccc1C. The molecule has 3 amide bonds. The van der Waals surface area contributed by atoms with E-state index in [4.69, 9.17) is 21.1 Å². The van der Waals surface area contributed by atoms with Crippen molar-refractivity contribution in [3.8, 4) is 11.5 Å². The average Bonchev–Trinajstić information content (AvgIpc) is 3.80. The van der Waals surface area contributed by atoms with E-state index in [1.165, 1.54) is 16.2 Å². The van der Waals surface area contributed by atoms with Crippen LogP contribution >= 0.6 is 34.7 Å². The number of imide groups is 1. The highest BCUT2D eigenvalue weighted by atomic mass is 35.5. The molecule has 47 heavy (non-hydrogen) atoms. The molecule has 2 saturated carbocycles. The third-order valence-electron chi connectivity index (χ3n) is 10.1. The predicted molar refractivity (Wildman–Crippen MR) is 181 cm³/mol. The van der Waals surface area contributed by atoms with Gasteiger partial charge in [0.25, 0.3) is 5.91 Å². The van der Waals surface area contributed by atoms with E-state index in [0.717, 1.165) is 33.1 Å². The van der Waals surface area contributed by atoms with E-state index in [9.17, 15) is 19.2 Å². The number of ether oxygens (including phenoxy) is 2. The molecule has 8 rings (SSSR count). The van der Waals surface area contributed by atoms with Crippen LogP contribution in [0.2, 0.25) is 5.02 Å². The Kier molecular flexibility index (Phi) is 7.46. The molecule has 3 aromatic carbocycles. The fourth-order valence-electron chi connectivity index (χ4n) is 8.27. The van der Waals surface area contributed by atoms with Gasteiger partial charge in [-0.25, -0.2) is 0 Å². The molecule has 2 aliphatic carbocycles. The summed E-state index contributed by atoms with van der Waals surface area (Å²) in [6.45, 7) is 1.72. The van der Waals surface area contributed by atoms with Crippen LogP contribution in [-0.4, -0.2) is 41.7 Å². The highest BCUT2D eigenvalue weighted by Gasteiger charge is 2.69. The number of thioether (sulfide) groups is 1. The summed E-state index contributed by atoms with van der Waals surface area (Å²) in [7, 11) is 1.55. The third-order valence-corrected chi connectivity index (χ3v) is 13.0. The molecular weight excluding hydrogens is 658 g/mol. The first kappa shape index (κ1) is 30.3. The van der Waals surface area contributed by atoms with Crippen LogP contribution in [0.15, 0.2) is 76.6 Å². The maximum absolute atomic E-state index is 14.0. The van der Waals surface area contributed by atoms with Crippen LogP contribution in [0.5, 0.6) is 11.5 Å². The van der Waals surface area contributed by atoms with Crippen molar-refractivity contribution in [2.24, 2.45) is 29.6 Å². The van der Waals surface area contributed by atoms with Gasteiger partial charge in [0.1, 0.15) is 0 Å². The van der Waals surface area contributed by atoms with Crippen LogP contribution in [0.25, 0.3) is 0 Å². The Morgan fingerprint density at radius 3 is 2.49 bits per heavy atom. The molecule has 12 heteroatoms. The summed E-state index contributed by atoms with van der Waals surface area (Å²) in [5.41, 5.74) is 3.15. The number of carbonyl (C=O) groups is 3. The minimum absolute atomic E-state index is 0.00377. The van der Waals surface area contributed by atoms with Gasteiger partial charge < -0.3 is 19.8 Å². The second-order valence-electron chi connectivity index (χ2n) is 12.5. The Morgan fingerprint density at radius 1 is 1.00 bits per heavy atom. The molecule has 3 heterocycles. The number of halogens is 1. The lowest BCUT2D eigenvalue weighted by Gasteiger charge is -2.43. The van der Waals surface area contributed by atoms with E-state index in [1.54, 1.807) is 49.2 Å². The smallest absolute Gasteiger partial charge is 0.305 e. The van der Waals surface area contributed by atoms with Crippen LogP contribution in [0.1, 0.15) is 28.3 Å². The van der Waals surface area contributed by atoms with Crippen molar-refractivity contribution in [2.75, 3.05) is 23.9 Å². The zero-order valence-corrected chi connectivity index (χ0v) is 27.8. The first-order valence-corrected chi connectivity index (χ1v) is 17.5. The molecule has 4 aliphatic rings. The van der Waals surface area contributed by atoms with Crippen molar-refractivity contribution in [1.82, 2.24) is 4.98 Å². The number of rotatable bonds is 7. The molecule has 4 aromatic rings. The quantitative estimate of drug-likeness (QED) is 0.226. The number of methoxy groups -OCH3 is 1. The summed E-state index contributed by atoms with van der Waals surface area (Å²) >= 11 is 8.93. The van der Waals surface area contributed by atoms with Gasteiger partial charge in [-0.3, -0.25) is 24.1 Å². The third kappa shape index (κ3) is 4.89. The van der Waals surface area contributed by atoms with Gasteiger partial charge >= 0.3 is 4.87 Å². The van der Waals surface area contributed by atoms with Crippen LogP contribution in [0, 0.1) is 36.5 Å². The maximum Gasteiger partial charge on any atom is 0.305 e. The minimum atomic E-state index is -0.416. The molecule has 9 nitrogen and oxygen atoms in total. The second-order valence-corrected chi connectivity index (χ2v) is 15.2. The number of fused-ring (bicyclic) bond motifs is 9. The van der Waals surface area contributed by atoms with E-state index in [1.807, 2.05) is 43.3 Å². The molecule has 7 atom stereocenters. The van der Waals surface area contributed by atoms with Crippen LogP contribution in [0.3, 0.4) is 0 Å². The van der Waals surface area contributed by atoms with Gasteiger partial charge in [0.15, 0.2) is 18.1 Å². The number of anilines is 2. The van der Waals surface area contributed by atoms with E-state index < -0.39 is 5.92 Å². The molecule has 2 bridgehead atoms. The summed E-state index contributed by atoms with van der Waals surface area (Å²) in [5.74, 6) is -0.695. The monoisotopic (exact) mass is 687 g/mol. The lowest BCUT2D eigenvalue weighted by Crippen LogP contribution is -2.42. The number of aromatic nitrogens is 1. The van der Waals surface area contributed by atoms with Gasteiger partial charge in [-0.2, -0.15) is 0 Å². The standard InChI is InChI=1S/C35H30ClN3O6S2/c1-16-5-3-4-6-22(16)37-25(40)15-45-23-12-7-17(13-24(23)44-2)26-27-20-14-21(30(27)46-32-31(26)47-35(43)38-32)29-28(20)33(41)39(34(29)42)19-10-8-18(36)9-11-19/h3-13,20-21,26-30H,14-15H2,1-2H3,(H,37,40)(H,38,43)/t20-,21-,26-,27?,28?,29?,30?/m1/s1. The maximum atomic E-state index is 14.0. The minimum Gasteiger partial charge on any atom is -0.493 e. The van der Waals surface area contributed by atoms with Gasteiger partial charge in [-0.15, -0.1) is 11.8 Å². The summed E-state index contributed by atoms with van der Waals surface area (Å²) in [6, 6.07) is 20.0. The van der Waals surface area contributed by atoms with Crippen molar-refractivity contribution in [3.05, 3.63) is 97.4 Å². The summed E-state index contributed by atoms with van der Waals surface area (Å²) in [6.07, 6.45) is 0.785. The van der Waals surface area contributed by atoms with Crippen molar-refractivity contribution in [2.45, 2.75) is 29.5 Å². The summed E-state index contributed by atoms with van der Waals surface area (Å²) in [5, 5.41) is 4.30. The first-order chi connectivity index (χ1) is 22.7. The van der Waals surface area contributed by atoms with Crippen molar-refractivity contribution in [3.63, 3.8) is 0 Å². The number of thiazole rings is 1. The Morgan fingerprint density at radius 2 is 1.74 bits per heavy atom. The largest absolute Gasteiger partial charge is 0.493 e. The fraction of sp³-hybridized carbons (Fsp3) is 0.314. The Balaban J connectivity index is 1.09. The number of H-pyrrole nitrogens is 1. The van der Waals surface area contributed by atoms with Crippen LogP contribution in [-0.2, 0) is 14.4 Å². The molecule has 2 N–H and O–H groups in total. The van der Waals surface area contributed by atoms with Gasteiger partial charge in [-0.1, -0.05) is 47.2 Å². The number of aryl methyl sites for hydroxylation is 1. The number of aromatic amines is 1. The fourth-order valence-corrected chi connectivity index (χ4v) is 11.3. The highest BCUT2D eigenvalue weighted by Crippen LogP contribution is 2.68. The normalized spacial score (nSPS) is 27.0. The molecule has 240 valence electrons. The van der Waals surface area contributed by atoms with Gasteiger partial charge in [0, 0.05) is 26.8 Å². The molecule has 0 spiro atoms. The van der Waals surface area contributed by atoms with E-state index in [0.29, 0.717) is 22.2 Å². The topological polar surface area (TPSA) is 118 Å². The molecule has 3 fully saturated rings. The van der Waals surface area contributed by atoms with Gasteiger partial charge in [0.05, 0.1) is 29.7 Å². The number of para-hydroxylation sites is 1. The predicted octanol–water partition coefficient (Wildman–Crippen LogP) is 6.10. The molecule has 1 saturated heterocycles. The Labute approximate surface area is 283 Å². The molecule has 2 aliphatic heterocycles. The lowest BCUT2D eigenvalue weighted by atomic mass is 9.68. The zero-order valence-electron chi connectivity index (χ0n) is 25.4. The van der Waals surface area contributed by atoms with Crippen molar-refractivity contribution >= 4 is 63.8 Å². The Bertz CT molecular complexity index is 1990. The summed E-state index contributed by atoms with van der Waals surface area (Å²) in [4.78, 5) is 58.4. The van der Waals surface area contributed by atoms with E-state index in [2.05, 4.69) is 10.3 Å². The lowest BCUT2D eigenvalue weighted by molar-refractivity contribution is -0.123. The number of nitrogens with zero attached hydrogens (tertiary/aromatic N) is 1.